The van der Waals surface area contributed by atoms with Gasteiger partial charge in [0.05, 0.1) is 13.2 Å². The van der Waals surface area contributed by atoms with Gasteiger partial charge in [0, 0.05) is 25.3 Å². The Morgan fingerprint density at radius 3 is 3.06 bits per heavy atom. The molecule has 0 spiro atoms. The fourth-order valence-corrected chi connectivity index (χ4v) is 2.33. The highest BCUT2D eigenvalue weighted by Gasteiger charge is 2.32. The zero-order valence-corrected chi connectivity index (χ0v) is 10.1. The van der Waals surface area contributed by atoms with Gasteiger partial charge < -0.3 is 9.30 Å². The Bertz CT molecular complexity index is 437. The Hall–Kier alpha value is -1.36. The van der Waals surface area contributed by atoms with Gasteiger partial charge in [0.25, 0.3) is 0 Å². The second-order valence-corrected chi connectivity index (χ2v) is 4.66. The maximum absolute atomic E-state index is 11.6. The fraction of sp³-hybridized carbons (Fsp3) is 0.667. The number of fused-ring (bicyclic) bond motifs is 1. The van der Waals surface area contributed by atoms with E-state index in [0.717, 1.165) is 31.5 Å². The summed E-state index contributed by atoms with van der Waals surface area (Å²) >= 11 is 0. The number of rotatable bonds is 3. The lowest BCUT2D eigenvalue weighted by molar-refractivity contribution is 0.0520. The Labute approximate surface area is 100 Å². The molecule has 0 amide bonds. The summed E-state index contributed by atoms with van der Waals surface area (Å²) in [6.45, 7) is 5.07. The Kier molecular flexibility index (Phi) is 2.63. The zero-order chi connectivity index (χ0) is 11.8. The normalized spacial score (nSPS) is 20.1. The van der Waals surface area contributed by atoms with E-state index in [1.807, 2.05) is 13.1 Å². The highest BCUT2D eigenvalue weighted by molar-refractivity contribution is 5.87. The molecule has 3 rings (SSSR count). The van der Waals surface area contributed by atoms with Crippen molar-refractivity contribution in [3.63, 3.8) is 0 Å². The standard InChI is InChI=1S/C12H17N3O2/c1-2-17-12(16)10-7-15-6-5-14(9-3-4-9)8-11(15)13-10/h7,9H,2-6,8H2,1H3. The molecule has 2 aliphatic rings. The number of hydrogen-bond donors (Lipinski definition) is 0. The van der Waals surface area contributed by atoms with E-state index in [4.69, 9.17) is 4.74 Å². The number of carbonyl (C=O) groups excluding carboxylic acids is 1. The third kappa shape index (κ3) is 2.07. The molecule has 0 radical (unpaired) electrons. The first kappa shape index (κ1) is 10.8. The number of esters is 1. The number of hydrogen-bond acceptors (Lipinski definition) is 4. The maximum Gasteiger partial charge on any atom is 0.358 e. The van der Waals surface area contributed by atoms with Crippen molar-refractivity contribution < 1.29 is 9.53 Å². The first-order valence-electron chi connectivity index (χ1n) is 6.25. The number of aromatic nitrogens is 2. The molecule has 1 aliphatic heterocycles. The molecule has 5 heteroatoms. The van der Waals surface area contributed by atoms with Gasteiger partial charge in [-0.3, -0.25) is 4.90 Å². The minimum Gasteiger partial charge on any atom is -0.461 e. The molecule has 1 aromatic rings. The van der Waals surface area contributed by atoms with Gasteiger partial charge in [0.1, 0.15) is 5.82 Å². The van der Waals surface area contributed by atoms with Gasteiger partial charge in [0.15, 0.2) is 5.69 Å². The maximum atomic E-state index is 11.6. The molecule has 17 heavy (non-hydrogen) atoms. The molecule has 1 aliphatic carbocycles. The van der Waals surface area contributed by atoms with E-state index in [-0.39, 0.29) is 5.97 Å². The second kappa shape index (κ2) is 4.14. The highest BCUT2D eigenvalue weighted by Crippen LogP contribution is 2.29. The summed E-state index contributed by atoms with van der Waals surface area (Å²) in [6, 6.07) is 0.756. The molecule has 1 aromatic heterocycles. The van der Waals surface area contributed by atoms with E-state index in [1.54, 1.807) is 0 Å². The van der Waals surface area contributed by atoms with Crippen LogP contribution in [0.3, 0.4) is 0 Å². The van der Waals surface area contributed by atoms with Crippen LogP contribution in [0.4, 0.5) is 0 Å². The van der Waals surface area contributed by atoms with Crippen molar-refractivity contribution in [3.05, 3.63) is 17.7 Å². The van der Waals surface area contributed by atoms with Crippen LogP contribution in [0, 0.1) is 0 Å². The van der Waals surface area contributed by atoms with E-state index < -0.39 is 0 Å². The summed E-state index contributed by atoms with van der Waals surface area (Å²) < 4.78 is 7.04. The first-order chi connectivity index (χ1) is 8.28. The summed E-state index contributed by atoms with van der Waals surface area (Å²) in [5, 5.41) is 0. The quantitative estimate of drug-likeness (QED) is 0.734. The molecule has 0 N–H and O–H groups in total. The predicted molar refractivity (Wildman–Crippen MR) is 61.6 cm³/mol. The minimum atomic E-state index is -0.313. The minimum absolute atomic E-state index is 0.313. The first-order valence-corrected chi connectivity index (χ1v) is 6.25. The van der Waals surface area contributed by atoms with Gasteiger partial charge in [-0.2, -0.15) is 0 Å². The van der Waals surface area contributed by atoms with Crippen LogP contribution in [0.1, 0.15) is 36.1 Å². The number of ether oxygens (including phenoxy) is 1. The molecular weight excluding hydrogens is 218 g/mol. The fourth-order valence-electron chi connectivity index (χ4n) is 2.33. The molecule has 0 aromatic carbocycles. The number of imidazole rings is 1. The zero-order valence-electron chi connectivity index (χ0n) is 10.1. The highest BCUT2D eigenvalue weighted by atomic mass is 16.5. The lowest BCUT2D eigenvalue weighted by Crippen LogP contribution is -2.35. The second-order valence-electron chi connectivity index (χ2n) is 4.66. The SMILES string of the molecule is CCOC(=O)c1cn2c(n1)CN(C1CC1)CC2. The largest absolute Gasteiger partial charge is 0.461 e. The molecule has 1 saturated carbocycles. The Morgan fingerprint density at radius 1 is 1.53 bits per heavy atom. The van der Waals surface area contributed by atoms with Gasteiger partial charge in [-0.25, -0.2) is 9.78 Å². The molecule has 0 saturated heterocycles. The average molecular weight is 235 g/mol. The van der Waals surface area contributed by atoms with Crippen LogP contribution in [-0.4, -0.2) is 39.6 Å². The Balaban J connectivity index is 1.76. The molecule has 0 unspecified atom stereocenters. The van der Waals surface area contributed by atoms with Crippen LogP contribution >= 0.6 is 0 Å². The van der Waals surface area contributed by atoms with Crippen molar-refractivity contribution in [2.45, 2.75) is 38.9 Å². The van der Waals surface area contributed by atoms with Gasteiger partial charge in [-0.15, -0.1) is 0 Å². The summed E-state index contributed by atoms with van der Waals surface area (Å²) in [4.78, 5) is 18.4. The van der Waals surface area contributed by atoms with Gasteiger partial charge >= 0.3 is 5.97 Å². The summed E-state index contributed by atoms with van der Waals surface area (Å²) in [7, 11) is 0. The number of carbonyl (C=O) groups is 1. The van der Waals surface area contributed by atoms with Crippen molar-refractivity contribution in [2.24, 2.45) is 0 Å². The van der Waals surface area contributed by atoms with Gasteiger partial charge in [-0.05, 0) is 19.8 Å². The van der Waals surface area contributed by atoms with Crippen LogP contribution in [0.5, 0.6) is 0 Å². The van der Waals surface area contributed by atoms with Crippen LogP contribution in [0.15, 0.2) is 6.20 Å². The van der Waals surface area contributed by atoms with E-state index in [9.17, 15) is 4.79 Å². The number of nitrogens with zero attached hydrogens (tertiary/aromatic N) is 3. The lowest BCUT2D eigenvalue weighted by atomic mass is 10.3. The van der Waals surface area contributed by atoms with Crippen molar-refractivity contribution in [1.82, 2.24) is 14.5 Å². The van der Waals surface area contributed by atoms with E-state index in [2.05, 4.69) is 14.5 Å². The third-order valence-electron chi connectivity index (χ3n) is 3.38. The molecule has 0 bridgehead atoms. The average Bonchev–Trinajstić information content (AvgIpc) is 3.08. The van der Waals surface area contributed by atoms with Gasteiger partial charge in [-0.1, -0.05) is 0 Å². The molecule has 5 nitrogen and oxygen atoms in total. The monoisotopic (exact) mass is 235 g/mol. The smallest absolute Gasteiger partial charge is 0.358 e. The molecule has 0 atom stereocenters. The van der Waals surface area contributed by atoms with Crippen LogP contribution in [0.25, 0.3) is 0 Å². The predicted octanol–water partition coefficient (Wildman–Crippen LogP) is 1.04. The van der Waals surface area contributed by atoms with Crippen molar-refractivity contribution in [3.8, 4) is 0 Å². The van der Waals surface area contributed by atoms with E-state index in [0.29, 0.717) is 12.3 Å². The topological polar surface area (TPSA) is 47.4 Å². The summed E-state index contributed by atoms with van der Waals surface area (Å²) in [5.74, 6) is 0.679. The summed E-state index contributed by atoms with van der Waals surface area (Å²) in [6.07, 6.45) is 4.44. The van der Waals surface area contributed by atoms with E-state index >= 15 is 0 Å². The molecule has 1 fully saturated rings. The lowest BCUT2D eigenvalue weighted by Gasteiger charge is -2.27. The molecule has 92 valence electrons. The molecule has 2 heterocycles. The van der Waals surface area contributed by atoms with Crippen molar-refractivity contribution in [2.75, 3.05) is 13.2 Å². The third-order valence-corrected chi connectivity index (χ3v) is 3.38. The summed E-state index contributed by atoms with van der Waals surface area (Å²) in [5.41, 5.74) is 0.444. The van der Waals surface area contributed by atoms with Crippen LogP contribution < -0.4 is 0 Å². The van der Waals surface area contributed by atoms with E-state index in [1.165, 1.54) is 12.8 Å². The van der Waals surface area contributed by atoms with Crippen LogP contribution in [0.2, 0.25) is 0 Å². The van der Waals surface area contributed by atoms with Gasteiger partial charge in [0.2, 0.25) is 0 Å². The molecular formula is C12H17N3O2. The van der Waals surface area contributed by atoms with Crippen LogP contribution in [-0.2, 0) is 17.8 Å². The van der Waals surface area contributed by atoms with Crippen molar-refractivity contribution in [1.29, 1.82) is 0 Å². The Morgan fingerprint density at radius 2 is 2.35 bits per heavy atom. The van der Waals surface area contributed by atoms with Crippen molar-refractivity contribution >= 4 is 5.97 Å².